The average molecular weight is 208 g/mol. The molecule has 0 aliphatic heterocycles. The number of hydrogen-bond donors (Lipinski definition) is 2. The fraction of sp³-hybridized carbons (Fsp3) is 0.364. The lowest BCUT2D eigenvalue weighted by atomic mass is 9.96. The Morgan fingerprint density at radius 1 is 1.43 bits per heavy atom. The highest BCUT2D eigenvalue weighted by Gasteiger charge is 2.09. The van der Waals surface area contributed by atoms with Gasteiger partial charge >= 0.3 is 0 Å². The molecule has 1 aromatic rings. The van der Waals surface area contributed by atoms with Crippen LogP contribution in [0.1, 0.15) is 30.9 Å². The first-order valence-electron chi connectivity index (χ1n) is 4.68. The summed E-state index contributed by atoms with van der Waals surface area (Å²) < 4.78 is 0. The van der Waals surface area contributed by atoms with Crippen LogP contribution in [0.3, 0.4) is 0 Å². The predicted octanol–water partition coefficient (Wildman–Crippen LogP) is 2.77. The number of thiocarbonyl (C=S) groups is 1. The quantitative estimate of drug-likeness (QED) is 0.734. The molecule has 1 aromatic carbocycles. The number of hydrogen-bond acceptors (Lipinski definition) is 1. The topological polar surface area (TPSA) is 38.0 Å². The second kappa shape index (κ2) is 4.42. The van der Waals surface area contributed by atoms with Gasteiger partial charge in [-0.1, -0.05) is 26.0 Å². The van der Waals surface area contributed by atoms with E-state index in [4.69, 9.17) is 18.0 Å². The van der Waals surface area contributed by atoms with Crippen LogP contribution in [-0.4, -0.2) is 5.11 Å². The number of nitrogens with two attached hydrogens (primary N) is 1. The van der Waals surface area contributed by atoms with E-state index >= 15 is 0 Å². The molecule has 0 heterocycles. The summed E-state index contributed by atoms with van der Waals surface area (Å²) in [5, 5.41) is 3.32. The maximum absolute atomic E-state index is 5.46. The molecular weight excluding hydrogens is 192 g/mol. The Bertz CT molecular complexity index is 345. The van der Waals surface area contributed by atoms with Crippen LogP contribution < -0.4 is 11.1 Å². The van der Waals surface area contributed by atoms with Crippen LogP contribution in [0.25, 0.3) is 0 Å². The lowest BCUT2D eigenvalue weighted by Crippen LogP contribution is -2.20. The first kappa shape index (κ1) is 11.0. The molecule has 0 saturated carbocycles. The predicted molar refractivity (Wildman–Crippen MR) is 65.7 cm³/mol. The Morgan fingerprint density at radius 3 is 2.57 bits per heavy atom. The molecule has 0 bridgehead atoms. The normalized spacial score (nSPS) is 10.3. The SMILES string of the molecule is Cc1cccc(NC(N)=S)c1C(C)C. The van der Waals surface area contributed by atoms with E-state index < -0.39 is 0 Å². The Morgan fingerprint density at radius 2 is 2.07 bits per heavy atom. The fourth-order valence-electron chi connectivity index (χ4n) is 1.69. The van der Waals surface area contributed by atoms with Crippen LogP contribution in [0.2, 0.25) is 0 Å². The molecule has 0 unspecified atom stereocenters. The molecule has 0 radical (unpaired) electrons. The minimum absolute atomic E-state index is 0.317. The third-order valence-electron chi connectivity index (χ3n) is 2.16. The van der Waals surface area contributed by atoms with Gasteiger partial charge < -0.3 is 11.1 Å². The molecule has 0 aliphatic carbocycles. The van der Waals surface area contributed by atoms with Gasteiger partial charge in [-0.3, -0.25) is 0 Å². The lowest BCUT2D eigenvalue weighted by Gasteiger charge is -2.16. The highest BCUT2D eigenvalue weighted by atomic mass is 32.1. The zero-order valence-electron chi connectivity index (χ0n) is 8.79. The second-order valence-electron chi connectivity index (χ2n) is 3.68. The maximum Gasteiger partial charge on any atom is 0.168 e. The number of aryl methyl sites for hydroxylation is 1. The third-order valence-corrected chi connectivity index (χ3v) is 2.26. The number of anilines is 1. The van der Waals surface area contributed by atoms with E-state index in [9.17, 15) is 0 Å². The number of rotatable bonds is 2. The van der Waals surface area contributed by atoms with Gasteiger partial charge in [0.15, 0.2) is 5.11 Å². The molecule has 0 atom stereocenters. The molecule has 2 nitrogen and oxygen atoms in total. The van der Waals surface area contributed by atoms with Gasteiger partial charge in [0.1, 0.15) is 0 Å². The molecule has 0 amide bonds. The molecule has 1 rings (SSSR count). The molecule has 3 N–H and O–H groups in total. The van der Waals surface area contributed by atoms with Crippen molar-refractivity contribution < 1.29 is 0 Å². The highest BCUT2D eigenvalue weighted by Crippen LogP contribution is 2.27. The minimum Gasteiger partial charge on any atom is -0.376 e. The van der Waals surface area contributed by atoms with Crippen LogP contribution in [0.15, 0.2) is 18.2 Å². The maximum atomic E-state index is 5.46. The van der Waals surface area contributed by atoms with Crippen molar-refractivity contribution in [1.82, 2.24) is 0 Å². The fourth-order valence-corrected chi connectivity index (χ4v) is 1.80. The smallest absolute Gasteiger partial charge is 0.168 e. The monoisotopic (exact) mass is 208 g/mol. The van der Waals surface area contributed by atoms with Crippen molar-refractivity contribution >= 4 is 23.0 Å². The minimum atomic E-state index is 0.317. The van der Waals surface area contributed by atoms with Crippen molar-refractivity contribution in [1.29, 1.82) is 0 Å². The van der Waals surface area contributed by atoms with Crippen LogP contribution in [-0.2, 0) is 0 Å². The van der Waals surface area contributed by atoms with Gasteiger partial charge in [-0.2, -0.15) is 0 Å². The Kier molecular flexibility index (Phi) is 3.47. The van der Waals surface area contributed by atoms with Gasteiger partial charge in [0.2, 0.25) is 0 Å². The molecule has 76 valence electrons. The number of benzene rings is 1. The first-order chi connectivity index (χ1) is 6.52. The van der Waals surface area contributed by atoms with Crippen molar-refractivity contribution in [2.24, 2.45) is 5.73 Å². The van der Waals surface area contributed by atoms with Crippen LogP contribution in [0, 0.1) is 6.92 Å². The van der Waals surface area contributed by atoms with Gasteiger partial charge in [-0.15, -0.1) is 0 Å². The van der Waals surface area contributed by atoms with E-state index in [-0.39, 0.29) is 0 Å². The molecule has 3 heteroatoms. The van der Waals surface area contributed by atoms with Crippen molar-refractivity contribution in [2.45, 2.75) is 26.7 Å². The van der Waals surface area contributed by atoms with Gasteiger partial charge in [0, 0.05) is 5.69 Å². The first-order valence-corrected chi connectivity index (χ1v) is 5.09. The Labute approximate surface area is 90.5 Å². The summed E-state index contributed by atoms with van der Waals surface area (Å²) in [6.45, 7) is 6.42. The summed E-state index contributed by atoms with van der Waals surface area (Å²) in [6, 6.07) is 6.10. The van der Waals surface area contributed by atoms with E-state index in [1.165, 1.54) is 11.1 Å². The molecule has 0 spiro atoms. The zero-order chi connectivity index (χ0) is 10.7. The lowest BCUT2D eigenvalue weighted by molar-refractivity contribution is 0.859. The van der Waals surface area contributed by atoms with Crippen molar-refractivity contribution in [3.05, 3.63) is 29.3 Å². The summed E-state index contributed by atoms with van der Waals surface area (Å²) in [7, 11) is 0. The Hall–Kier alpha value is -1.09. The summed E-state index contributed by atoms with van der Waals surface area (Å²) in [5.74, 6) is 0.466. The third kappa shape index (κ3) is 2.45. The second-order valence-corrected chi connectivity index (χ2v) is 4.12. The van der Waals surface area contributed by atoms with Gasteiger partial charge in [-0.05, 0) is 42.3 Å². The molecule has 0 aliphatic rings. The van der Waals surface area contributed by atoms with Crippen molar-refractivity contribution in [2.75, 3.05) is 5.32 Å². The largest absolute Gasteiger partial charge is 0.376 e. The van der Waals surface area contributed by atoms with Gasteiger partial charge in [-0.25, -0.2) is 0 Å². The van der Waals surface area contributed by atoms with E-state index in [0.717, 1.165) is 5.69 Å². The standard InChI is InChI=1S/C11H16N2S/c1-7(2)10-8(3)5-4-6-9(10)13-11(12)14/h4-7H,1-3H3,(H3,12,13,14). The molecule has 0 saturated heterocycles. The van der Waals surface area contributed by atoms with Crippen LogP contribution in [0.4, 0.5) is 5.69 Å². The van der Waals surface area contributed by atoms with Crippen LogP contribution >= 0.6 is 12.2 Å². The van der Waals surface area contributed by atoms with E-state index in [2.05, 4.69) is 32.2 Å². The number of nitrogens with one attached hydrogen (secondary N) is 1. The average Bonchev–Trinajstić information content (AvgIpc) is 2.01. The van der Waals surface area contributed by atoms with E-state index in [0.29, 0.717) is 11.0 Å². The van der Waals surface area contributed by atoms with Gasteiger partial charge in [0.05, 0.1) is 0 Å². The summed E-state index contributed by atoms with van der Waals surface area (Å²) in [5.41, 5.74) is 9.03. The molecule has 14 heavy (non-hydrogen) atoms. The van der Waals surface area contributed by atoms with Gasteiger partial charge in [0.25, 0.3) is 0 Å². The Balaban J connectivity index is 3.14. The molecule has 0 aromatic heterocycles. The van der Waals surface area contributed by atoms with E-state index in [1.54, 1.807) is 0 Å². The van der Waals surface area contributed by atoms with Crippen molar-refractivity contribution in [3.63, 3.8) is 0 Å². The molecule has 0 fully saturated rings. The summed E-state index contributed by atoms with van der Waals surface area (Å²) in [6.07, 6.45) is 0. The van der Waals surface area contributed by atoms with Crippen LogP contribution in [0.5, 0.6) is 0 Å². The zero-order valence-corrected chi connectivity index (χ0v) is 9.61. The molecular formula is C11H16N2S. The summed E-state index contributed by atoms with van der Waals surface area (Å²) >= 11 is 4.83. The van der Waals surface area contributed by atoms with Crippen molar-refractivity contribution in [3.8, 4) is 0 Å². The highest BCUT2D eigenvalue weighted by molar-refractivity contribution is 7.80. The summed E-state index contributed by atoms with van der Waals surface area (Å²) in [4.78, 5) is 0. The van der Waals surface area contributed by atoms with E-state index in [1.807, 2.05) is 12.1 Å².